The molecule has 7 nitrogen and oxygen atoms in total. The highest BCUT2D eigenvalue weighted by Gasteiger charge is 2.27. The quantitative estimate of drug-likeness (QED) is 0.744. The standard InChI is InChI=1S/C18H20N2O5/c1-3-25-18(24)11(2)10-14(17(22)23)20-16(21)13-8-4-6-12-7-5-9-19-15(12)13/h4-9,11,14H,3,10H2,1-2H3,(H,20,21)(H,22,23)/t11-,14+/m1/s1. The van der Waals surface area contributed by atoms with E-state index in [1.165, 1.54) is 0 Å². The van der Waals surface area contributed by atoms with Crippen molar-refractivity contribution in [2.75, 3.05) is 6.61 Å². The number of carbonyl (C=O) groups is 3. The van der Waals surface area contributed by atoms with Gasteiger partial charge in [-0.3, -0.25) is 14.6 Å². The zero-order valence-corrected chi connectivity index (χ0v) is 14.1. The van der Waals surface area contributed by atoms with E-state index in [9.17, 15) is 19.5 Å². The first kappa shape index (κ1) is 18.4. The van der Waals surface area contributed by atoms with Crippen molar-refractivity contribution in [1.82, 2.24) is 10.3 Å². The summed E-state index contributed by atoms with van der Waals surface area (Å²) >= 11 is 0. The summed E-state index contributed by atoms with van der Waals surface area (Å²) in [7, 11) is 0. The fourth-order valence-corrected chi connectivity index (χ4v) is 2.48. The number of nitrogens with zero attached hydrogens (tertiary/aromatic N) is 1. The molecule has 1 amide bonds. The van der Waals surface area contributed by atoms with Gasteiger partial charge in [-0.15, -0.1) is 0 Å². The van der Waals surface area contributed by atoms with Gasteiger partial charge < -0.3 is 15.2 Å². The summed E-state index contributed by atoms with van der Waals surface area (Å²) in [4.78, 5) is 39.9. The molecule has 0 aliphatic rings. The fraction of sp³-hybridized carbons (Fsp3) is 0.333. The molecule has 2 atom stereocenters. The second-order valence-electron chi connectivity index (χ2n) is 5.63. The Hall–Kier alpha value is -2.96. The lowest BCUT2D eigenvalue weighted by Crippen LogP contribution is -2.42. The first-order valence-corrected chi connectivity index (χ1v) is 7.98. The molecule has 0 aliphatic carbocycles. The maximum atomic E-state index is 12.5. The summed E-state index contributed by atoms with van der Waals surface area (Å²) in [6.07, 6.45) is 1.51. The maximum absolute atomic E-state index is 12.5. The maximum Gasteiger partial charge on any atom is 0.326 e. The van der Waals surface area contributed by atoms with Crippen LogP contribution in [0.3, 0.4) is 0 Å². The van der Waals surface area contributed by atoms with Crippen LogP contribution in [0.1, 0.15) is 30.6 Å². The van der Waals surface area contributed by atoms with Crippen LogP contribution in [-0.4, -0.2) is 40.6 Å². The van der Waals surface area contributed by atoms with Crippen molar-refractivity contribution >= 4 is 28.7 Å². The Balaban J connectivity index is 2.17. The summed E-state index contributed by atoms with van der Waals surface area (Å²) in [5, 5.41) is 12.6. The SMILES string of the molecule is CCOC(=O)[C@H](C)C[C@H](NC(=O)c1cccc2cccnc12)C(=O)O. The van der Waals surface area contributed by atoms with Gasteiger partial charge in [0.2, 0.25) is 0 Å². The van der Waals surface area contributed by atoms with E-state index in [2.05, 4.69) is 10.3 Å². The van der Waals surface area contributed by atoms with E-state index >= 15 is 0 Å². The van der Waals surface area contributed by atoms with Crippen molar-refractivity contribution < 1.29 is 24.2 Å². The number of esters is 1. The molecule has 2 N–H and O–H groups in total. The molecule has 25 heavy (non-hydrogen) atoms. The summed E-state index contributed by atoms with van der Waals surface area (Å²) in [6.45, 7) is 3.46. The first-order chi connectivity index (χ1) is 11.9. The Morgan fingerprint density at radius 1 is 1.24 bits per heavy atom. The molecule has 0 aliphatic heterocycles. The van der Waals surface area contributed by atoms with Crippen LogP contribution < -0.4 is 5.32 Å². The van der Waals surface area contributed by atoms with Crippen LogP contribution in [0, 0.1) is 5.92 Å². The van der Waals surface area contributed by atoms with Crippen LogP contribution >= 0.6 is 0 Å². The van der Waals surface area contributed by atoms with E-state index in [4.69, 9.17) is 4.74 Å². The van der Waals surface area contributed by atoms with Gasteiger partial charge >= 0.3 is 11.9 Å². The molecule has 0 unspecified atom stereocenters. The van der Waals surface area contributed by atoms with Crippen LogP contribution in [0.15, 0.2) is 36.5 Å². The number of para-hydroxylation sites is 1. The molecule has 0 bridgehead atoms. The van der Waals surface area contributed by atoms with E-state index in [-0.39, 0.29) is 18.6 Å². The van der Waals surface area contributed by atoms with Gasteiger partial charge in [-0.05, 0) is 25.5 Å². The Kier molecular flexibility index (Phi) is 6.05. The number of amides is 1. The molecule has 1 aromatic carbocycles. The highest BCUT2D eigenvalue weighted by molar-refractivity contribution is 6.06. The van der Waals surface area contributed by atoms with Crippen LogP contribution in [0.5, 0.6) is 0 Å². The number of pyridine rings is 1. The van der Waals surface area contributed by atoms with Gasteiger partial charge in [0.1, 0.15) is 6.04 Å². The van der Waals surface area contributed by atoms with Crippen LogP contribution in [0.25, 0.3) is 10.9 Å². The molecule has 7 heteroatoms. The number of aromatic nitrogens is 1. The number of hydrogen-bond donors (Lipinski definition) is 2. The van der Waals surface area contributed by atoms with E-state index in [1.54, 1.807) is 38.2 Å². The molecule has 132 valence electrons. The summed E-state index contributed by atoms with van der Waals surface area (Å²) in [5.74, 6) is -2.90. The third-order valence-corrected chi connectivity index (χ3v) is 3.76. The predicted octanol–water partition coefficient (Wildman–Crippen LogP) is 2.01. The number of ether oxygens (including phenoxy) is 1. The monoisotopic (exact) mass is 344 g/mol. The average Bonchev–Trinajstić information content (AvgIpc) is 2.60. The van der Waals surface area contributed by atoms with Crippen molar-refractivity contribution in [3.05, 3.63) is 42.1 Å². The van der Waals surface area contributed by atoms with Gasteiger partial charge in [0.15, 0.2) is 0 Å². The lowest BCUT2D eigenvalue weighted by Gasteiger charge is -2.18. The van der Waals surface area contributed by atoms with Gasteiger partial charge in [0, 0.05) is 11.6 Å². The van der Waals surface area contributed by atoms with Crippen molar-refractivity contribution in [3.8, 4) is 0 Å². The minimum Gasteiger partial charge on any atom is -0.480 e. The Morgan fingerprint density at radius 2 is 1.96 bits per heavy atom. The Morgan fingerprint density at radius 3 is 2.64 bits per heavy atom. The molecule has 0 saturated heterocycles. The molecule has 1 heterocycles. The number of aliphatic carboxylic acids is 1. The van der Waals surface area contributed by atoms with Crippen molar-refractivity contribution in [3.63, 3.8) is 0 Å². The fourth-order valence-electron chi connectivity index (χ4n) is 2.48. The number of carboxylic acid groups (broad SMARTS) is 1. The molecule has 0 radical (unpaired) electrons. The zero-order valence-electron chi connectivity index (χ0n) is 14.1. The first-order valence-electron chi connectivity index (χ1n) is 7.98. The summed E-state index contributed by atoms with van der Waals surface area (Å²) in [5.41, 5.74) is 0.776. The van der Waals surface area contributed by atoms with Gasteiger partial charge in [0.25, 0.3) is 5.91 Å². The Labute approximate surface area is 145 Å². The zero-order chi connectivity index (χ0) is 18.4. The van der Waals surface area contributed by atoms with Gasteiger partial charge in [0.05, 0.1) is 23.6 Å². The van der Waals surface area contributed by atoms with Crippen molar-refractivity contribution in [2.45, 2.75) is 26.3 Å². The summed E-state index contributed by atoms with van der Waals surface area (Å²) < 4.78 is 4.88. The number of hydrogen-bond acceptors (Lipinski definition) is 5. The molecular formula is C18H20N2O5. The molecule has 2 rings (SSSR count). The highest BCUT2D eigenvalue weighted by atomic mass is 16.5. The lowest BCUT2D eigenvalue weighted by atomic mass is 10.0. The molecular weight excluding hydrogens is 324 g/mol. The van der Waals surface area contributed by atoms with Crippen LogP contribution in [0.4, 0.5) is 0 Å². The average molecular weight is 344 g/mol. The number of carboxylic acids is 1. The van der Waals surface area contributed by atoms with Crippen molar-refractivity contribution in [1.29, 1.82) is 0 Å². The Bertz CT molecular complexity index is 785. The minimum absolute atomic E-state index is 0.0574. The molecule has 0 spiro atoms. The molecule has 2 aromatic rings. The van der Waals surface area contributed by atoms with Gasteiger partial charge in [-0.2, -0.15) is 0 Å². The number of benzene rings is 1. The molecule has 1 aromatic heterocycles. The highest BCUT2D eigenvalue weighted by Crippen LogP contribution is 2.17. The topological polar surface area (TPSA) is 106 Å². The van der Waals surface area contributed by atoms with Crippen LogP contribution in [0.2, 0.25) is 0 Å². The number of fused-ring (bicyclic) bond motifs is 1. The third-order valence-electron chi connectivity index (χ3n) is 3.76. The van der Waals surface area contributed by atoms with Crippen molar-refractivity contribution in [2.24, 2.45) is 5.92 Å². The number of nitrogens with one attached hydrogen (secondary N) is 1. The number of carbonyl (C=O) groups excluding carboxylic acids is 2. The lowest BCUT2D eigenvalue weighted by molar-refractivity contribution is -0.148. The molecule has 0 fully saturated rings. The van der Waals surface area contributed by atoms with E-state index < -0.39 is 29.8 Å². The smallest absolute Gasteiger partial charge is 0.326 e. The van der Waals surface area contributed by atoms with E-state index in [0.717, 1.165) is 5.39 Å². The van der Waals surface area contributed by atoms with E-state index in [1.807, 2.05) is 12.1 Å². The van der Waals surface area contributed by atoms with E-state index in [0.29, 0.717) is 5.52 Å². The second-order valence-corrected chi connectivity index (χ2v) is 5.63. The second kappa shape index (κ2) is 8.23. The minimum atomic E-state index is -1.21. The third kappa shape index (κ3) is 4.53. The summed E-state index contributed by atoms with van der Waals surface area (Å²) in [6, 6.07) is 7.47. The predicted molar refractivity (Wildman–Crippen MR) is 91.0 cm³/mol. The number of rotatable bonds is 7. The van der Waals surface area contributed by atoms with Crippen LogP contribution in [-0.2, 0) is 14.3 Å². The largest absolute Gasteiger partial charge is 0.480 e. The van der Waals surface area contributed by atoms with Gasteiger partial charge in [-0.25, -0.2) is 4.79 Å². The molecule has 0 saturated carbocycles. The van der Waals surface area contributed by atoms with Gasteiger partial charge in [-0.1, -0.05) is 25.1 Å². The normalized spacial score (nSPS) is 13.0.